The standard InChI is InChI=1S/C54H37NO/c56-54-51-19-9-7-15-41(51)28-33-52(54)53-36-47(32-34-50(53)43-23-21-42(22-24-43)49-20-10-17-40-14-6-8-18-48(40)49)55(46-31-27-38-13-4-5-16-44(38)35-46)45-29-25-39(26-30-45)37-11-2-1-3-12-37/h1-36,56H. The molecule has 0 spiro atoms. The second kappa shape index (κ2) is 14.1. The van der Waals surface area contributed by atoms with Gasteiger partial charge in [0.1, 0.15) is 5.75 Å². The van der Waals surface area contributed by atoms with Crippen molar-refractivity contribution in [3.8, 4) is 50.3 Å². The average Bonchev–Trinajstić information content (AvgIpc) is 3.27. The molecule has 0 atom stereocenters. The van der Waals surface area contributed by atoms with E-state index in [0.717, 1.165) is 55.7 Å². The fourth-order valence-corrected chi connectivity index (χ4v) is 8.12. The van der Waals surface area contributed by atoms with E-state index in [9.17, 15) is 5.11 Å². The van der Waals surface area contributed by atoms with Gasteiger partial charge in [0.05, 0.1) is 0 Å². The van der Waals surface area contributed by atoms with E-state index < -0.39 is 0 Å². The number of fused-ring (bicyclic) bond motifs is 3. The molecule has 0 heterocycles. The van der Waals surface area contributed by atoms with Crippen LogP contribution < -0.4 is 4.90 Å². The molecule has 0 saturated carbocycles. The number of phenols is 1. The largest absolute Gasteiger partial charge is 0.507 e. The normalized spacial score (nSPS) is 11.3. The molecule has 10 aromatic carbocycles. The number of aromatic hydroxyl groups is 1. The van der Waals surface area contributed by atoms with Crippen LogP contribution >= 0.6 is 0 Å². The summed E-state index contributed by atoms with van der Waals surface area (Å²) in [4.78, 5) is 2.32. The van der Waals surface area contributed by atoms with Crippen LogP contribution in [-0.2, 0) is 0 Å². The zero-order valence-electron chi connectivity index (χ0n) is 30.7. The van der Waals surface area contributed by atoms with Gasteiger partial charge in [-0.3, -0.25) is 0 Å². The first-order chi connectivity index (χ1) is 27.7. The first-order valence-electron chi connectivity index (χ1n) is 19.1. The van der Waals surface area contributed by atoms with Crippen molar-refractivity contribution in [2.24, 2.45) is 0 Å². The molecule has 264 valence electrons. The Morgan fingerprint density at radius 3 is 1.54 bits per heavy atom. The number of benzene rings is 10. The highest BCUT2D eigenvalue weighted by molar-refractivity contribution is 6.00. The van der Waals surface area contributed by atoms with Gasteiger partial charge in [-0.2, -0.15) is 0 Å². The Balaban J connectivity index is 1.15. The number of hydrogen-bond acceptors (Lipinski definition) is 2. The van der Waals surface area contributed by atoms with Crippen molar-refractivity contribution >= 4 is 49.4 Å². The minimum Gasteiger partial charge on any atom is -0.507 e. The molecule has 10 rings (SSSR count). The van der Waals surface area contributed by atoms with Gasteiger partial charge in [-0.15, -0.1) is 0 Å². The minimum absolute atomic E-state index is 0.276. The monoisotopic (exact) mass is 715 g/mol. The predicted octanol–water partition coefficient (Wildman–Crippen LogP) is 15.0. The van der Waals surface area contributed by atoms with Gasteiger partial charge in [-0.1, -0.05) is 176 Å². The summed E-state index contributed by atoms with van der Waals surface area (Å²) in [7, 11) is 0. The van der Waals surface area contributed by atoms with Gasteiger partial charge in [0.2, 0.25) is 0 Å². The molecule has 0 amide bonds. The van der Waals surface area contributed by atoms with Crippen LogP contribution in [0.2, 0.25) is 0 Å². The third-order valence-electron chi connectivity index (χ3n) is 11.0. The summed E-state index contributed by atoms with van der Waals surface area (Å²) in [5.74, 6) is 0.276. The third-order valence-corrected chi connectivity index (χ3v) is 11.0. The molecule has 0 radical (unpaired) electrons. The molecule has 0 aromatic heterocycles. The topological polar surface area (TPSA) is 23.5 Å². The number of rotatable bonds is 7. The van der Waals surface area contributed by atoms with Crippen LogP contribution in [-0.4, -0.2) is 5.11 Å². The highest BCUT2D eigenvalue weighted by Crippen LogP contribution is 2.45. The lowest BCUT2D eigenvalue weighted by Crippen LogP contribution is -2.10. The Labute approximate surface area is 326 Å². The van der Waals surface area contributed by atoms with E-state index in [4.69, 9.17) is 0 Å². The zero-order chi connectivity index (χ0) is 37.4. The highest BCUT2D eigenvalue weighted by Gasteiger charge is 2.20. The van der Waals surface area contributed by atoms with Gasteiger partial charge in [0, 0.05) is 28.0 Å². The van der Waals surface area contributed by atoms with E-state index >= 15 is 0 Å². The first-order valence-corrected chi connectivity index (χ1v) is 19.1. The summed E-state index contributed by atoms with van der Waals surface area (Å²) >= 11 is 0. The van der Waals surface area contributed by atoms with E-state index in [-0.39, 0.29) is 5.75 Å². The van der Waals surface area contributed by atoms with Gasteiger partial charge in [-0.25, -0.2) is 0 Å². The molecule has 0 aliphatic rings. The summed E-state index contributed by atoms with van der Waals surface area (Å²) in [6.45, 7) is 0. The summed E-state index contributed by atoms with van der Waals surface area (Å²) in [6, 6.07) is 77.1. The van der Waals surface area contributed by atoms with E-state index in [1.807, 2.05) is 30.3 Å². The second-order valence-electron chi connectivity index (χ2n) is 14.3. The molecule has 0 saturated heterocycles. The Bertz CT molecular complexity index is 3020. The van der Waals surface area contributed by atoms with Gasteiger partial charge in [-0.05, 0) is 108 Å². The molecule has 0 aliphatic heterocycles. The maximum Gasteiger partial charge on any atom is 0.131 e. The van der Waals surface area contributed by atoms with Crippen LogP contribution in [0.15, 0.2) is 218 Å². The lowest BCUT2D eigenvalue weighted by Gasteiger charge is -2.27. The second-order valence-corrected chi connectivity index (χ2v) is 14.3. The number of nitrogens with zero attached hydrogens (tertiary/aromatic N) is 1. The van der Waals surface area contributed by atoms with Crippen LogP contribution in [0.3, 0.4) is 0 Å². The van der Waals surface area contributed by atoms with Crippen molar-refractivity contribution in [1.82, 2.24) is 0 Å². The van der Waals surface area contributed by atoms with Gasteiger partial charge in [0.25, 0.3) is 0 Å². The summed E-state index contributed by atoms with van der Waals surface area (Å²) in [5, 5.41) is 18.6. The summed E-state index contributed by atoms with van der Waals surface area (Å²) in [6.07, 6.45) is 0. The maximum atomic E-state index is 12.0. The van der Waals surface area contributed by atoms with Crippen molar-refractivity contribution in [2.45, 2.75) is 0 Å². The SMILES string of the molecule is Oc1c(-c2cc(N(c3ccc(-c4ccccc4)cc3)c3ccc4ccccc4c3)ccc2-c2ccc(-c3cccc4ccccc34)cc2)ccc2ccccc12. The van der Waals surface area contributed by atoms with Gasteiger partial charge in [0.15, 0.2) is 0 Å². The number of hydrogen-bond donors (Lipinski definition) is 1. The van der Waals surface area contributed by atoms with Crippen LogP contribution in [0.25, 0.3) is 76.8 Å². The van der Waals surface area contributed by atoms with Crippen LogP contribution in [0.1, 0.15) is 0 Å². The van der Waals surface area contributed by atoms with Crippen molar-refractivity contribution in [2.75, 3.05) is 4.90 Å². The number of anilines is 3. The maximum absolute atomic E-state index is 12.0. The lowest BCUT2D eigenvalue weighted by atomic mass is 9.90. The predicted molar refractivity (Wildman–Crippen MR) is 237 cm³/mol. The third kappa shape index (κ3) is 6.04. The summed E-state index contributed by atoms with van der Waals surface area (Å²) in [5.41, 5.74) is 11.7. The van der Waals surface area contributed by atoms with Gasteiger partial charge < -0.3 is 10.0 Å². The van der Waals surface area contributed by atoms with E-state index in [0.29, 0.717) is 0 Å². The molecule has 0 bridgehead atoms. The van der Waals surface area contributed by atoms with Crippen LogP contribution in [0.5, 0.6) is 5.75 Å². The lowest BCUT2D eigenvalue weighted by molar-refractivity contribution is 0.483. The molecule has 56 heavy (non-hydrogen) atoms. The Morgan fingerprint density at radius 1 is 0.268 bits per heavy atom. The van der Waals surface area contributed by atoms with Crippen molar-refractivity contribution in [3.63, 3.8) is 0 Å². The fourth-order valence-electron chi connectivity index (χ4n) is 8.12. The average molecular weight is 716 g/mol. The Kier molecular flexibility index (Phi) is 8.35. The molecule has 0 aliphatic carbocycles. The Hall–Kier alpha value is -7.42. The molecule has 1 N–H and O–H groups in total. The van der Waals surface area contributed by atoms with E-state index in [1.165, 1.54) is 38.2 Å². The molecule has 2 nitrogen and oxygen atoms in total. The van der Waals surface area contributed by atoms with Crippen molar-refractivity contribution in [3.05, 3.63) is 218 Å². The van der Waals surface area contributed by atoms with Crippen molar-refractivity contribution < 1.29 is 5.11 Å². The summed E-state index contributed by atoms with van der Waals surface area (Å²) < 4.78 is 0. The molecule has 10 aromatic rings. The molecule has 0 unspecified atom stereocenters. The van der Waals surface area contributed by atoms with E-state index in [2.05, 4.69) is 193 Å². The molecule has 2 heteroatoms. The highest BCUT2D eigenvalue weighted by atomic mass is 16.3. The van der Waals surface area contributed by atoms with Crippen LogP contribution in [0, 0.1) is 0 Å². The van der Waals surface area contributed by atoms with Crippen molar-refractivity contribution in [1.29, 1.82) is 0 Å². The smallest absolute Gasteiger partial charge is 0.131 e. The first kappa shape index (κ1) is 33.2. The zero-order valence-corrected chi connectivity index (χ0v) is 30.7. The van der Waals surface area contributed by atoms with E-state index in [1.54, 1.807) is 0 Å². The van der Waals surface area contributed by atoms with Crippen LogP contribution in [0.4, 0.5) is 17.1 Å². The quantitative estimate of drug-likeness (QED) is 0.178. The van der Waals surface area contributed by atoms with Gasteiger partial charge >= 0.3 is 0 Å². The fraction of sp³-hybridized carbons (Fsp3) is 0. The minimum atomic E-state index is 0.276. The number of phenolic OH excluding ortho intramolecular Hbond substituents is 1. The molecular formula is C54H37NO. The molecule has 0 fully saturated rings. The Morgan fingerprint density at radius 2 is 0.768 bits per heavy atom. The molecular weight excluding hydrogens is 679 g/mol.